The van der Waals surface area contributed by atoms with Crippen molar-refractivity contribution in [2.24, 2.45) is 0 Å². The van der Waals surface area contributed by atoms with Gasteiger partial charge in [-0.25, -0.2) is 0 Å². The summed E-state index contributed by atoms with van der Waals surface area (Å²) in [6.07, 6.45) is -2.14. The topological polar surface area (TPSA) is 140 Å². The molecule has 8 heteroatoms. The predicted octanol–water partition coefficient (Wildman–Crippen LogP) is 0.0172. The Balaban J connectivity index is 1.61. The third-order valence-corrected chi connectivity index (χ3v) is 4.54. The van der Waals surface area contributed by atoms with Crippen LogP contribution < -0.4 is 0 Å². The molecular formula is C18H28O8. The second-order valence-corrected chi connectivity index (χ2v) is 6.55. The molecular weight excluding hydrogens is 344 g/mol. The number of phenols is 2. The van der Waals surface area contributed by atoms with Crippen molar-refractivity contribution in [3.8, 4) is 11.5 Å². The summed E-state index contributed by atoms with van der Waals surface area (Å²) < 4.78 is 10.7. The van der Waals surface area contributed by atoms with Crippen molar-refractivity contribution in [2.45, 2.75) is 62.8 Å². The van der Waals surface area contributed by atoms with Crippen LogP contribution in [0.25, 0.3) is 0 Å². The lowest BCUT2D eigenvalue weighted by atomic mass is 9.99. The second kappa shape index (κ2) is 10.1. The van der Waals surface area contributed by atoms with Crippen LogP contribution in [-0.4, -0.2) is 74.6 Å². The molecule has 2 rings (SSSR count). The van der Waals surface area contributed by atoms with E-state index in [-0.39, 0.29) is 11.5 Å². The van der Waals surface area contributed by atoms with Gasteiger partial charge in [0.15, 0.2) is 6.29 Å². The molecule has 148 valence electrons. The molecule has 0 bridgehead atoms. The van der Waals surface area contributed by atoms with Crippen molar-refractivity contribution < 1.29 is 40.1 Å². The third kappa shape index (κ3) is 5.54. The van der Waals surface area contributed by atoms with E-state index in [1.165, 1.54) is 6.07 Å². The summed E-state index contributed by atoms with van der Waals surface area (Å²) in [6, 6.07) is 4.57. The summed E-state index contributed by atoms with van der Waals surface area (Å²) >= 11 is 0. The molecule has 0 spiro atoms. The first-order chi connectivity index (χ1) is 12.4. The Hall–Kier alpha value is -1.42. The quantitative estimate of drug-likeness (QED) is 0.333. The van der Waals surface area contributed by atoms with Crippen LogP contribution in [0.3, 0.4) is 0 Å². The van der Waals surface area contributed by atoms with E-state index in [0.717, 1.165) is 31.2 Å². The average molecular weight is 372 g/mol. The highest BCUT2D eigenvalue weighted by molar-refractivity contribution is 5.38. The van der Waals surface area contributed by atoms with Crippen molar-refractivity contribution in [1.82, 2.24) is 0 Å². The van der Waals surface area contributed by atoms with Gasteiger partial charge in [0.05, 0.1) is 6.61 Å². The Bertz CT molecular complexity index is 550. The lowest BCUT2D eigenvalue weighted by molar-refractivity contribution is -0.301. The van der Waals surface area contributed by atoms with E-state index in [9.17, 15) is 25.5 Å². The van der Waals surface area contributed by atoms with Gasteiger partial charge in [0, 0.05) is 12.7 Å². The van der Waals surface area contributed by atoms with Gasteiger partial charge < -0.3 is 40.1 Å². The zero-order valence-electron chi connectivity index (χ0n) is 14.6. The first-order valence-electron chi connectivity index (χ1n) is 8.87. The number of benzene rings is 1. The van der Waals surface area contributed by atoms with Crippen LogP contribution in [0.1, 0.15) is 31.2 Å². The minimum absolute atomic E-state index is 0.0385. The monoisotopic (exact) mass is 372 g/mol. The zero-order valence-corrected chi connectivity index (χ0v) is 14.6. The highest BCUT2D eigenvalue weighted by Crippen LogP contribution is 2.24. The van der Waals surface area contributed by atoms with Crippen molar-refractivity contribution >= 4 is 0 Å². The maximum atomic E-state index is 9.85. The van der Waals surface area contributed by atoms with E-state index in [1.54, 1.807) is 12.1 Å². The molecule has 0 saturated carbocycles. The Kier molecular flexibility index (Phi) is 8.08. The molecule has 6 N–H and O–H groups in total. The molecule has 0 aromatic heterocycles. The average Bonchev–Trinajstić information content (AvgIpc) is 2.62. The van der Waals surface area contributed by atoms with Crippen LogP contribution >= 0.6 is 0 Å². The molecule has 0 amide bonds. The van der Waals surface area contributed by atoms with Gasteiger partial charge in [-0.2, -0.15) is 0 Å². The molecule has 1 aliphatic heterocycles. The normalized spacial score (nSPS) is 29.0. The van der Waals surface area contributed by atoms with E-state index < -0.39 is 37.3 Å². The number of aromatic hydroxyl groups is 2. The largest absolute Gasteiger partial charge is 0.508 e. The van der Waals surface area contributed by atoms with Crippen molar-refractivity contribution in [3.05, 3.63) is 23.8 Å². The summed E-state index contributed by atoms with van der Waals surface area (Å²) in [5, 5.41) is 57.3. The fraction of sp³-hybridized carbons (Fsp3) is 0.667. The number of phenolic OH excluding ortho intramolecular Hbond substituents is 2. The van der Waals surface area contributed by atoms with E-state index in [0.29, 0.717) is 13.0 Å². The van der Waals surface area contributed by atoms with Crippen LogP contribution in [0.4, 0.5) is 0 Å². The van der Waals surface area contributed by atoms with Gasteiger partial charge >= 0.3 is 0 Å². The van der Waals surface area contributed by atoms with Crippen LogP contribution in [0.5, 0.6) is 11.5 Å². The van der Waals surface area contributed by atoms with Gasteiger partial charge in [-0.3, -0.25) is 0 Å². The minimum atomic E-state index is -1.43. The highest BCUT2D eigenvalue weighted by Gasteiger charge is 2.43. The lowest BCUT2D eigenvalue weighted by Gasteiger charge is -2.39. The fourth-order valence-electron chi connectivity index (χ4n) is 2.94. The number of hydrogen-bond acceptors (Lipinski definition) is 8. The number of hydrogen-bond donors (Lipinski definition) is 6. The van der Waals surface area contributed by atoms with Crippen LogP contribution in [0.15, 0.2) is 18.2 Å². The van der Waals surface area contributed by atoms with Gasteiger partial charge in [-0.15, -0.1) is 0 Å². The van der Waals surface area contributed by atoms with Crippen molar-refractivity contribution in [3.63, 3.8) is 0 Å². The molecule has 0 unspecified atom stereocenters. The highest BCUT2D eigenvalue weighted by atomic mass is 16.7. The van der Waals surface area contributed by atoms with E-state index in [1.807, 2.05) is 0 Å². The molecule has 26 heavy (non-hydrogen) atoms. The summed E-state index contributed by atoms with van der Waals surface area (Å²) in [5.41, 5.74) is 0.792. The molecule has 1 heterocycles. The summed E-state index contributed by atoms with van der Waals surface area (Å²) in [5.74, 6) is 0.132. The van der Waals surface area contributed by atoms with Crippen LogP contribution in [0, 0.1) is 0 Å². The third-order valence-electron chi connectivity index (χ3n) is 4.54. The van der Waals surface area contributed by atoms with E-state index in [2.05, 4.69) is 0 Å². The van der Waals surface area contributed by atoms with Gasteiger partial charge in [-0.1, -0.05) is 18.9 Å². The minimum Gasteiger partial charge on any atom is -0.508 e. The Morgan fingerprint density at radius 1 is 0.923 bits per heavy atom. The Morgan fingerprint density at radius 3 is 2.35 bits per heavy atom. The van der Waals surface area contributed by atoms with Crippen LogP contribution in [-0.2, 0) is 15.9 Å². The second-order valence-electron chi connectivity index (χ2n) is 6.55. The summed E-state index contributed by atoms with van der Waals surface area (Å²) in [6.45, 7) is -0.165. The zero-order chi connectivity index (χ0) is 19.1. The van der Waals surface area contributed by atoms with Gasteiger partial charge in [-0.05, 0) is 30.9 Å². The summed E-state index contributed by atoms with van der Waals surface area (Å²) in [7, 11) is 0. The number of ether oxygens (including phenoxy) is 2. The maximum absolute atomic E-state index is 9.85. The molecule has 0 aliphatic carbocycles. The Morgan fingerprint density at radius 2 is 1.65 bits per heavy atom. The number of aryl methyl sites for hydroxylation is 1. The van der Waals surface area contributed by atoms with Crippen molar-refractivity contribution in [2.75, 3.05) is 13.2 Å². The summed E-state index contributed by atoms with van der Waals surface area (Å²) in [4.78, 5) is 0. The van der Waals surface area contributed by atoms with Gasteiger partial charge in [0.1, 0.15) is 35.9 Å². The molecule has 1 aromatic carbocycles. The fourth-order valence-corrected chi connectivity index (χ4v) is 2.94. The van der Waals surface area contributed by atoms with E-state index >= 15 is 0 Å². The smallest absolute Gasteiger partial charge is 0.186 e. The SMILES string of the molecule is OC[C@@H]1O[C@H](OCCCCCCc2ccc(O)cc2O)[C@@H](O)[C@H](O)[C@H]1O. The van der Waals surface area contributed by atoms with Crippen LogP contribution in [0.2, 0.25) is 0 Å². The Labute approximate surface area is 152 Å². The maximum Gasteiger partial charge on any atom is 0.186 e. The van der Waals surface area contributed by atoms with Gasteiger partial charge in [0.25, 0.3) is 0 Å². The standard InChI is InChI=1S/C18H28O8/c19-10-14-15(22)16(23)17(24)18(26-14)25-8-4-2-1-3-5-11-6-7-12(20)9-13(11)21/h6-7,9,14-24H,1-5,8,10H2/t14-,15-,16+,17-,18-/m0/s1. The lowest BCUT2D eigenvalue weighted by Crippen LogP contribution is -2.59. The first-order valence-corrected chi connectivity index (χ1v) is 8.87. The number of aliphatic hydroxyl groups excluding tert-OH is 4. The molecule has 1 aliphatic rings. The predicted molar refractivity (Wildman–Crippen MR) is 91.7 cm³/mol. The molecule has 1 saturated heterocycles. The molecule has 5 atom stereocenters. The van der Waals surface area contributed by atoms with E-state index in [4.69, 9.17) is 14.6 Å². The molecule has 0 radical (unpaired) electrons. The molecule has 8 nitrogen and oxygen atoms in total. The number of aliphatic hydroxyl groups is 4. The molecule has 1 aromatic rings. The van der Waals surface area contributed by atoms with Gasteiger partial charge in [0.2, 0.25) is 0 Å². The molecule has 1 fully saturated rings. The van der Waals surface area contributed by atoms with Crippen molar-refractivity contribution in [1.29, 1.82) is 0 Å². The number of unbranched alkanes of at least 4 members (excludes halogenated alkanes) is 3. The number of rotatable bonds is 9. The first kappa shape index (κ1) is 20.9.